The minimum absolute atomic E-state index is 0.764. The van der Waals surface area contributed by atoms with Crippen LogP contribution in [0.1, 0.15) is 31.2 Å². The highest BCUT2D eigenvalue weighted by atomic mass is 16.5. The van der Waals surface area contributed by atoms with Crippen molar-refractivity contribution in [2.75, 3.05) is 20.8 Å². The predicted molar refractivity (Wildman–Crippen MR) is 79.9 cm³/mol. The number of hydrogen-bond acceptors (Lipinski definition) is 3. The van der Waals surface area contributed by atoms with Crippen LogP contribution in [0.3, 0.4) is 0 Å². The number of unbranched alkanes of at least 4 members (excludes halogenated alkanes) is 3. The Morgan fingerprint density at radius 2 is 2.11 bits per heavy atom. The van der Waals surface area contributed by atoms with Crippen LogP contribution in [0, 0.1) is 0 Å². The van der Waals surface area contributed by atoms with E-state index < -0.39 is 0 Å². The number of benzene rings is 1. The van der Waals surface area contributed by atoms with Crippen LogP contribution in [-0.4, -0.2) is 20.8 Å². The number of ether oxygens (including phenoxy) is 2. The van der Waals surface area contributed by atoms with Crippen molar-refractivity contribution in [3.05, 3.63) is 36.4 Å². The second-order valence-corrected chi connectivity index (χ2v) is 4.49. The molecule has 0 radical (unpaired) electrons. The van der Waals surface area contributed by atoms with Gasteiger partial charge in [0, 0.05) is 12.1 Å². The van der Waals surface area contributed by atoms with Gasteiger partial charge in [0.25, 0.3) is 0 Å². The van der Waals surface area contributed by atoms with Crippen LogP contribution in [0.2, 0.25) is 0 Å². The van der Waals surface area contributed by atoms with E-state index in [1.54, 1.807) is 7.11 Å². The van der Waals surface area contributed by atoms with Gasteiger partial charge in [-0.25, -0.2) is 0 Å². The molecule has 0 fully saturated rings. The van der Waals surface area contributed by atoms with Gasteiger partial charge in [0.1, 0.15) is 11.5 Å². The minimum atomic E-state index is 0.764. The van der Waals surface area contributed by atoms with Gasteiger partial charge in [-0.2, -0.15) is 0 Å². The summed E-state index contributed by atoms with van der Waals surface area (Å²) in [6, 6.07) is 5.94. The van der Waals surface area contributed by atoms with E-state index in [4.69, 9.17) is 9.47 Å². The highest BCUT2D eigenvalue weighted by Gasteiger charge is 2.05. The molecular weight excluding hydrogens is 238 g/mol. The Kier molecular flexibility index (Phi) is 7.75. The zero-order chi connectivity index (χ0) is 13.9. The van der Waals surface area contributed by atoms with E-state index >= 15 is 0 Å². The van der Waals surface area contributed by atoms with Gasteiger partial charge >= 0.3 is 0 Å². The summed E-state index contributed by atoms with van der Waals surface area (Å²) in [5, 5.41) is 3.15. The summed E-state index contributed by atoms with van der Waals surface area (Å²) in [5.74, 6) is 1.81. The van der Waals surface area contributed by atoms with Gasteiger partial charge in [0.05, 0.1) is 13.7 Å². The van der Waals surface area contributed by atoms with Crippen molar-refractivity contribution in [1.29, 1.82) is 0 Å². The molecule has 0 unspecified atom stereocenters. The number of hydrogen-bond donors (Lipinski definition) is 1. The summed E-state index contributed by atoms with van der Waals surface area (Å²) < 4.78 is 11.1. The molecule has 0 aliphatic rings. The Hall–Kier alpha value is -1.48. The van der Waals surface area contributed by atoms with Crippen LogP contribution in [0.25, 0.3) is 0 Å². The maximum atomic E-state index is 5.85. The molecule has 0 spiro atoms. The maximum absolute atomic E-state index is 5.85. The summed E-state index contributed by atoms with van der Waals surface area (Å²) >= 11 is 0. The van der Waals surface area contributed by atoms with Crippen molar-refractivity contribution in [3.8, 4) is 11.5 Å². The zero-order valence-corrected chi connectivity index (χ0v) is 12.1. The average molecular weight is 263 g/mol. The molecule has 19 heavy (non-hydrogen) atoms. The lowest BCUT2D eigenvalue weighted by molar-refractivity contribution is 0.301. The van der Waals surface area contributed by atoms with Gasteiger partial charge in [-0.3, -0.25) is 0 Å². The quantitative estimate of drug-likeness (QED) is 0.517. The smallest absolute Gasteiger partial charge is 0.124 e. The first-order valence-electron chi connectivity index (χ1n) is 6.87. The molecule has 0 saturated carbocycles. The fourth-order valence-electron chi connectivity index (χ4n) is 1.90. The minimum Gasteiger partial charge on any atom is -0.497 e. The van der Waals surface area contributed by atoms with Crippen LogP contribution < -0.4 is 14.8 Å². The first kappa shape index (κ1) is 15.6. The molecule has 3 nitrogen and oxygen atoms in total. The van der Waals surface area contributed by atoms with E-state index in [-0.39, 0.29) is 0 Å². The molecule has 0 aliphatic carbocycles. The van der Waals surface area contributed by atoms with E-state index in [0.717, 1.165) is 43.1 Å². The SMILES string of the molecule is C=CCCCCCOc1ccc(OC)cc1CNC. The third kappa shape index (κ3) is 5.79. The van der Waals surface area contributed by atoms with Crippen molar-refractivity contribution in [1.82, 2.24) is 5.32 Å². The molecule has 0 aromatic heterocycles. The summed E-state index contributed by atoms with van der Waals surface area (Å²) in [7, 11) is 3.61. The lowest BCUT2D eigenvalue weighted by atomic mass is 10.2. The molecule has 0 saturated heterocycles. The highest BCUT2D eigenvalue weighted by molar-refractivity contribution is 5.40. The Labute approximate surface area is 116 Å². The molecule has 1 rings (SSSR count). The molecular formula is C16H25NO2. The Bertz CT molecular complexity index is 377. The summed E-state index contributed by atoms with van der Waals surface area (Å²) in [4.78, 5) is 0. The molecule has 0 heterocycles. The molecule has 0 aliphatic heterocycles. The highest BCUT2D eigenvalue weighted by Crippen LogP contribution is 2.24. The van der Waals surface area contributed by atoms with Gasteiger partial charge in [-0.1, -0.05) is 6.08 Å². The van der Waals surface area contributed by atoms with Gasteiger partial charge in [-0.05, 0) is 50.9 Å². The van der Waals surface area contributed by atoms with Crippen LogP contribution in [0.15, 0.2) is 30.9 Å². The second kappa shape index (κ2) is 9.45. The fraction of sp³-hybridized carbons (Fsp3) is 0.500. The molecule has 1 N–H and O–H groups in total. The Morgan fingerprint density at radius 3 is 2.79 bits per heavy atom. The van der Waals surface area contributed by atoms with E-state index in [2.05, 4.69) is 11.9 Å². The summed E-state index contributed by atoms with van der Waals surface area (Å²) in [5.41, 5.74) is 1.13. The monoisotopic (exact) mass is 263 g/mol. The van der Waals surface area contributed by atoms with Crippen molar-refractivity contribution in [2.45, 2.75) is 32.2 Å². The fourth-order valence-corrected chi connectivity index (χ4v) is 1.90. The van der Waals surface area contributed by atoms with E-state index in [1.807, 2.05) is 31.3 Å². The third-order valence-electron chi connectivity index (χ3n) is 2.95. The zero-order valence-electron chi connectivity index (χ0n) is 12.1. The number of allylic oxidation sites excluding steroid dienone is 1. The normalized spacial score (nSPS) is 10.2. The Balaban J connectivity index is 2.45. The van der Waals surface area contributed by atoms with Crippen molar-refractivity contribution >= 4 is 0 Å². The standard InChI is InChI=1S/C16H25NO2/c1-4-5-6-7-8-11-19-16-10-9-15(18-3)12-14(16)13-17-2/h4,9-10,12,17H,1,5-8,11,13H2,2-3H3. The lowest BCUT2D eigenvalue weighted by Crippen LogP contribution is -2.08. The van der Waals surface area contributed by atoms with Crippen LogP contribution in [0.4, 0.5) is 0 Å². The van der Waals surface area contributed by atoms with Gasteiger partial charge < -0.3 is 14.8 Å². The first-order valence-corrected chi connectivity index (χ1v) is 6.87. The number of methoxy groups -OCH3 is 1. The van der Waals surface area contributed by atoms with Crippen molar-refractivity contribution < 1.29 is 9.47 Å². The molecule has 3 heteroatoms. The lowest BCUT2D eigenvalue weighted by Gasteiger charge is -2.12. The van der Waals surface area contributed by atoms with E-state index in [1.165, 1.54) is 12.8 Å². The summed E-state index contributed by atoms with van der Waals surface area (Å²) in [6.07, 6.45) is 6.52. The van der Waals surface area contributed by atoms with Crippen LogP contribution >= 0.6 is 0 Å². The van der Waals surface area contributed by atoms with Gasteiger partial charge in [0.2, 0.25) is 0 Å². The molecule has 1 aromatic carbocycles. The van der Waals surface area contributed by atoms with Crippen molar-refractivity contribution in [2.24, 2.45) is 0 Å². The molecule has 0 amide bonds. The molecule has 0 atom stereocenters. The maximum Gasteiger partial charge on any atom is 0.124 e. The predicted octanol–water partition coefficient (Wildman–Crippen LogP) is 3.54. The largest absolute Gasteiger partial charge is 0.497 e. The van der Waals surface area contributed by atoms with Crippen LogP contribution in [0.5, 0.6) is 11.5 Å². The topological polar surface area (TPSA) is 30.5 Å². The third-order valence-corrected chi connectivity index (χ3v) is 2.95. The molecule has 1 aromatic rings. The Morgan fingerprint density at radius 1 is 1.26 bits per heavy atom. The second-order valence-electron chi connectivity index (χ2n) is 4.49. The molecule has 0 bridgehead atoms. The van der Waals surface area contributed by atoms with E-state index in [9.17, 15) is 0 Å². The van der Waals surface area contributed by atoms with Gasteiger partial charge in [0.15, 0.2) is 0 Å². The summed E-state index contributed by atoms with van der Waals surface area (Å²) in [6.45, 7) is 5.27. The first-order chi connectivity index (χ1) is 9.31. The molecule has 106 valence electrons. The number of rotatable bonds is 10. The number of nitrogens with one attached hydrogen (secondary N) is 1. The van der Waals surface area contributed by atoms with Gasteiger partial charge in [-0.15, -0.1) is 6.58 Å². The van der Waals surface area contributed by atoms with Crippen molar-refractivity contribution in [3.63, 3.8) is 0 Å². The average Bonchev–Trinajstić information content (AvgIpc) is 2.44. The van der Waals surface area contributed by atoms with Crippen LogP contribution in [-0.2, 0) is 6.54 Å². The van der Waals surface area contributed by atoms with E-state index in [0.29, 0.717) is 0 Å².